The third-order valence-electron chi connectivity index (χ3n) is 4.38. The van der Waals surface area contributed by atoms with E-state index in [0.717, 1.165) is 17.7 Å². The molecule has 0 radical (unpaired) electrons. The maximum atomic E-state index is 12.9. The van der Waals surface area contributed by atoms with Gasteiger partial charge in [-0.3, -0.25) is 4.79 Å². The Bertz CT molecular complexity index is 453. The van der Waals surface area contributed by atoms with E-state index in [4.69, 9.17) is 5.73 Å². The van der Waals surface area contributed by atoms with E-state index in [9.17, 15) is 4.79 Å². The largest absolute Gasteiger partial charge is 0.326 e. The van der Waals surface area contributed by atoms with Crippen LogP contribution in [0.5, 0.6) is 0 Å². The fourth-order valence-corrected chi connectivity index (χ4v) is 3.16. The first-order valence-electron chi connectivity index (χ1n) is 7.66. The van der Waals surface area contributed by atoms with Crippen molar-refractivity contribution < 1.29 is 4.79 Å². The summed E-state index contributed by atoms with van der Waals surface area (Å²) in [7, 11) is 0. The highest BCUT2D eigenvalue weighted by molar-refractivity contribution is 5.95. The number of rotatable bonds is 4. The van der Waals surface area contributed by atoms with Crippen LogP contribution < -0.4 is 10.6 Å². The molecule has 3 nitrogen and oxygen atoms in total. The van der Waals surface area contributed by atoms with Crippen molar-refractivity contribution in [1.29, 1.82) is 0 Å². The van der Waals surface area contributed by atoms with Crippen LogP contribution in [0.15, 0.2) is 24.3 Å². The van der Waals surface area contributed by atoms with Gasteiger partial charge in [-0.05, 0) is 50.3 Å². The Labute approximate surface area is 122 Å². The van der Waals surface area contributed by atoms with Crippen molar-refractivity contribution in [3.05, 3.63) is 29.8 Å². The second kappa shape index (κ2) is 6.40. The molecular weight excluding hydrogens is 248 g/mol. The molecule has 1 aliphatic carbocycles. The molecular formula is C17H26N2O. The van der Waals surface area contributed by atoms with Gasteiger partial charge >= 0.3 is 0 Å². The molecule has 0 spiro atoms. The molecule has 0 aliphatic heterocycles. The Morgan fingerprint density at radius 2 is 1.95 bits per heavy atom. The molecule has 2 atom stereocenters. The molecule has 1 amide bonds. The van der Waals surface area contributed by atoms with E-state index in [-0.39, 0.29) is 17.9 Å². The Kier molecular flexibility index (Phi) is 4.81. The van der Waals surface area contributed by atoms with E-state index >= 15 is 0 Å². The molecule has 0 bridgehead atoms. The molecule has 0 saturated heterocycles. The lowest BCUT2D eigenvalue weighted by Gasteiger charge is -2.31. The van der Waals surface area contributed by atoms with Gasteiger partial charge in [0, 0.05) is 24.2 Å². The first-order valence-corrected chi connectivity index (χ1v) is 7.66. The van der Waals surface area contributed by atoms with Crippen molar-refractivity contribution in [3.8, 4) is 0 Å². The van der Waals surface area contributed by atoms with Crippen LogP contribution in [0, 0.1) is 11.8 Å². The summed E-state index contributed by atoms with van der Waals surface area (Å²) < 4.78 is 0. The van der Waals surface area contributed by atoms with Crippen LogP contribution in [0.1, 0.15) is 45.6 Å². The van der Waals surface area contributed by atoms with Crippen LogP contribution in [0.4, 0.5) is 5.69 Å². The zero-order chi connectivity index (χ0) is 14.7. The lowest BCUT2D eigenvalue weighted by Crippen LogP contribution is -2.41. The number of benzene rings is 1. The fourth-order valence-electron chi connectivity index (χ4n) is 3.16. The molecule has 0 heterocycles. The molecule has 1 aromatic rings. The molecule has 1 fully saturated rings. The van der Waals surface area contributed by atoms with E-state index in [1.165, 1.54) is 12.8 Å². The minimum Gasteiger partial charge on any atom is -0.326 e. The quantitative estimate of drug-likeness (QED) is 0.915. The summed E-state index contributed by atoms with van der Waals surface area (Å²) in [6, 6.07) is 8.23. The highest BCUT2D eigenvalue weighted by Gasteiger charge is 2.34. The maximum absolute atomic E-state index is 12.9. The van der Waals surface area contributed by atoms with Crippen molar-refractivity contribution >= 4 is 11.6 Å². The average Bonchev–Trinajstić information content (AvgIpc) is 2.85. The monoisotopic (exact) mass is 274 g/mol. The van der Waals surface area contributed by atoms with E-state index in [2.05, 4.69) is 20.8 Å². The van der Waals surface area contributed by atoms with Crippen LogP contribution in [0.2, 0.25) is 0 Å². The topological polar surface area (TPSA) is 46.3 Å². The van der Waals surface area contributed by atoms with Crippen LogP contribution in [0.3, 0.4) is 0 Å². The Balaban J connectivity index is 2.23. The maximum Gasteiger partial charge on any atom is 0.230 e. The number of carbonyl (C=O) groups excluding carboxylic acids is 1. The molecule has 2 unspecified atom stereocenters. The molecule has 1 saturated carbocycles. The van der Waals surface area contributed by atoms with Crippen LogP contribution in [-0.2, 0) is 11.3 Å². The standard InChI is InChI=1S/C17H26N2O/c1-12(2)19(15-9-7-14(11-18)8-10-15)17(20)16-6-4-5-13(16)3/h7-10,12-13,16H,4-6,11,18H2,1-3H3. The minimum atomic E-state index is 0.180. The third kappa shape index (κ3) is 3.04. The van der Waals surface area contributed by atoms with Gasteiger partial charge in [0.05, 0.1) is 0 Å². The SMILES string of the molecule is CC1CCCC1C(=O)N(c1ccc(CN)cc1)C(C)C. The molecule has 110 valence electrons. The average molecular weight is 274 g/mol. The number of amides is 1. The van der Waals surface area contributed by atoms with E-state index in [1.807, 2.05) is 29.2 Å². The minimum absolute atomic E-state index is 0.180. The molecule has 20 heavy (non-hydrogen) atoms. The summed E-state index contributed by atoms with van der Waals surface area (Å²) >= 11 is 0. The highest BCUT2D eigenvalue weighted by atomic mass is 16.2. The number of nitrogens with zero attached hydrogens (tertiary/aromatic N) is 1. The normalized spacial score (nSPS) is 22.2. The molecule has 2 N–H and O–H groups in total. The first-order chi connectivity index (χ1) is 9.54. The van der Waals surface area contributed by atoms with Gasteiger partial charge in [0.15, 0.2) is 0 Å². The summed E-state index contributed by atoms with van der Waals surface area (Å²) in [4.78, 5) is 14.8. The van der Waals surface area contributed by atoms with Gasteiger partial charge < -0.3 is 10.6 Å². The highest BCUT2D eigenvalue weighted by Crippen LogP contribution is 2.34. The molecule has 2 rings (SSSR count). The number of anilines is 1. The number of carbonyl (C=O) groups is 1. The smallest absolute Gasteiger partial charge is 0.230 e. The lowest BCUT2D eigenvalue weighted by atomic mass is 9.95. The van der Waals surface area contributed by atoms with Crippen LogP contribution in [0.25, 0.3) is 0 Å². The van der Waals surface area contributed by atoms with Crippen LogP contribution >= 0.6 is 0 Å². The van der Waals surface area contributed by atoms with Gasteiger partial charge in [0.1, 0.15) is 0 Å². The van der Waals surface area contributed by atoms with Gasteiger partial charge in [-0.1, -0.05) is 25.5 Å². The van der Waals surface area contributed by atoms with Crippen molar-refractivity contribution in [3.63, 3.8) is 0 Å². The molecule has 1 aromatic carbocycles. The molecule has 1 aliphatic rings. The van der Waals surface area contributed by atoms with Crippen molar-refractivity contribution in [2.75, 3.05) is 4.90 Å². The van der Waals surface area contributed by atoms with Crippen molar-refractivity contribution in [1.82, 2.24) is 0 Å². The first kappa shape index (κ1) is 15.0. The zero-order valence-corrected chi connectivity index (χ0v) is 12.8. The third-order valence-corrected chi connectivity index (χ3v) is 4.38. The lowest BCUT2D eigenvalue weighted by molar-refractivity contribution is -0.123. The van der Waals surface area contributed by atoms with Gasteiger partial charge in [-0.15, -0.1) is 0 Å². The predicted octanol–water partition coefficient (Wildman–Crippen LogP) is 3.32. The Morgan fingerprint density at radius 1 is 1.30 bits per heavy atom. The Hall–Kier alpha value is -1.35. The van der Waals surface area contributed by atoms with Crippen LogP contribution in [-0.4, -0.2) is 11.9 Å². The summed E-state index contributed by atoms with van der Waals surface area (Å²) in [6.07, 6.45) is 3.38. The fraction of sp³-hybridized carbons (Fsp3) is 0.588. The molecule has 0 aromatic heterocycles. The van der Waals surface area contributed by atoms with Gasteiger partial charge in [0.25, 0.3) is 0 Å². The van der Waals surface area contributed by atoms with Gasteiger partial charge in [-0.25, -0.2) is 0 Å². The predicted molar refractivity (Wildman–Crippen MR) is 83.5 cm³/mol. The Morgan fingerprint density at radius 3 is 2.40 bits per heavy atom. The van der Waals surface area contributed by atoms with E-state index in [1.54, 1.807) is 0 Å². The summed E-state index contributed by atoms with van der Waals surface area (Å²) in [5.74, 6) is 0.976. The van der Waals surface area contributed by atoms with E-state index in [0.29, 0.717) is 12.5 Å². The van der Waals surface area contributed by atoms with Crippen molar-refractivity contribution in [2.45, 2.75) is 52.6 Å². The number of hydrogen-bond donors (Lipinski definition) is 1. The number of hydrogen-bond acceptors (Lipinski definition) is 2. The molecule has 3 heteroatoms. The van der Waals surface area contributed by atoms with E-state index < -0.39 is 0 Å². The van der Waals surface area contributed by atoms with Gasteiger partial charge in [0.2, 0.25) is 5.91 Å². The second-order valence-electron chi connectivity index (χ2n) is 6.19. The summed E-state index contributed by atoms with van der Waals surface area (Å²) in [5, 5.41) is 0. The van der Waals surface area contributed by atoms with Gasteiger partial charge in [-0.2, -0.15) is 0 Å². The zero-order valence-electron chi connectivity index (χ0n) is 12.8. The second-order valence-corrected chi connectivity index (χ2v) is 6.19. The number of nitrogens with two attached hydrogens (primary N) is 1. The summed E-state index contributed by atoms with van der Waals surface area (Å²) in [5.41, 5.74) is 7.72. The summed E-state index contributed by atoms with van der Waals surface area (Å²) in [6.45, 7) is 6.89. The van der Waals surface area contributed by atoms with Crippen molar-refractivity contribution in [2.24, 2.45) is 17.6 Å².